The number of carbonyl (C=O) groups is 2. The predicted molar refractivity (Wildman–Crippen MR) is 158 cm³/mol. The van der Waals surface area contributed by atoms with Crippen LogP contribution in [-0.2, 0) is 17.5 Å². The Morgan fingerprint density at radius 3 is 2.43 bits per heavy atom. The van der Waals surface area contributed by atoms with E-state index in [1.807, 2.05) is 49.2 Å². The van der Waals surface area contributed by atoms with Gasteiger partial charge in [-0.15, -0.1) is 0 Å². The summed E-state index contributed by atoms with van der Waals surface area (Å²) in [5.41, 5.74) is 2.82. The highest BCUT2D eigenvalue weighted by Gasteiger charge is 2.34. The van der Waals surface area contributed by atoms with Crippen LogP contribution < -0.4 is 10.6 Å². The number of fused-ring (bicyclic) bond motifs is 1. The summed E-state index contributed by atoms with van der Waals surface area (Å²) in [6.07, 6.45) is -2.89. The first-order valence-corrected chi connectivity index (χ1v) is 13.7. The number of piperazine rings is 1. The van der Waals surface area contributed by atoms with E-state index in [9.17, 15) is 22.8 Å². The van der Waals surface area contributed by atoms with Gasteiger partial charge in [0.2, 0.25) is 5.91 Å². The Bertz CT molecular complexity index is 1650. The van der Waals surface area contributed by atoms with Gasteiger partial charge in [0.05, 0.1) is 22.3 Å². The Hall–Kier alpha value is -4.28. The van der Waals surface area contributed by atoms with Crippen molar-refractivity contribution in [3.05, 3.63) is 89.1 Å². The van der Waals surface area contributed by atoms with Gasteiger partial charge in [-0.05, 0) is 67.1 Å². The molecule has 2 N–H and O–H groups in total. The molecule has 3 aromatic carbocycles. The van der Waals surface area contributed by atoms with Gasteiger partial charge >= 0.3 is 6.18 Å². The number of rotatable bonds is 6. The van der Waals surface area contributed by atoms with Gasteiger partial charge in [-0.3, -0.25) is 19.5 Å². The summed E-state index contributed by atoms with van der Waals surface area (Å²) in [6, 6.07) is 16.6. The molecule has 0 bridgehead atoms. The number of benzene rings is 3. The van der Waals surface area contributed by atoms with E-state index < -0.39 is 17.6 Å². The van der Waals surface area contributed by atoms with Crippen LogP contribution in [0.2, 0.25) is 0 Å². The van der Waals surface area contributed by atoms with E-state index in [4.69, 9.17) is 0 Å². The van der Waals surface area contributed by atoms with Crippen LogP contribution in [-0.4, -0.2) is 59.8 Å². The van der Waals surface area contributed by atoms with E-state index in [0.29, 0.717) is 18.7 Å². The van der Waals surface area contributed by atoms with Gasteiger partial charge in [-0.25, -0.2) is 0 Å². The number of halogens is 3. The molecule has 0 radical (unpaired) electrons. The molecular formula is C32H32F3N5O2. The number of nitrogens with zero attached hydrogens (tertiary/aromatic N) is 3. The largest absolute Gasteiger partial charge is 0.416 e. The van der Waals surface area contributed by atoms with E-state index in [0.717, 1.165) is 41.2 Å². The van der Waals surface area contributed by atoms with Crippen LogP contribution in [0.4, 0.5) is 24.5 Å². The molecule has 0 spiro atoms. The molecule has 1 saturated heterocycles. The minimum Gasteiger partial charge on any atom is -0.325 e. The van der Waals surface area contributed by atoms with Crippen molar-refractivity contribution in [1.29, 1.82) is 0 Å². The highest BCUT2D eigenvalue weighted by Crippen LogP contribution is 2.37. The third kappa shape index (κ3) is 6.45. The molecule has 218 valence electrons. The Labute approximate surface area is 242 Å². The highest BCUT2D eigenvalue weighted by atomic mass is 19.4. The van der Waals surface area contributed by atoms with Crippen molar-refractivity contribution in [2.24, 2.45) is 0 Å². The third-order valence-corrected chi connectivity index (χ3v) is 7.51. The summed E-state index contributed by atoms with van der Waals surface area (Å²) < 4.78 is 42.4. The normalized spacial score (nSPS) is 14.6. The van der Waals surface area contributed by atoms with Crippen molar-refractivity contribution in [1.82, 2.24) is 14.8 Å². The fraction of sp³-hybridized carbons (Fsp3) is 0.281. The lowest BCUT2D eigenvalue weighted by atomic mass is 9.93. The summed E-state index contributed by atoms with van der Waals surface area (Å²) in [7, 11) is 1.99. The Balaban J connectivity index is 1.49. The first kappa shape index (κ1) is 29.2. The zero-order valence-electron chi connectivity index (χ0n) is 23.7. The molecular weight excluding hydrogens is 543 g/mol. The number of aryl methyl sites for hydroxylation is 1. The summed E-state index contributed by atoms with van der Waals surface area (Å²) in [5.74, 6) is -1.02. The van der Waals surface area contributed by atoms with Crippen LogP contribution in [0.25, 0.3) is 22.0 Å². The number of hydrogen-bond donors (Lipinski definition) is 2. The van der Waals surface area contributed by atoms with E-state index in [2.05, 4.69) is 20.5 Å². The molecule has 1 aliphatic heterocycles. The molecule has 1 aromatic heterocycles. The molecule has 10 heteroatoms. The fourth-order valence-corrected chi connectivity index (χ4v) is 5.31. The molecule has 7 nitrogen and oxygen atoms in total. The molecule has 2 amide bonds. The SMILES string of the molecule is CC(=O)Nc1c(C(=O)Nc2ccc(CN3CCN(C)CC3)c(C(F)(F)F)c2)ccc(C)c1-c1ccc2ncccc2c1. The minimum absolute atomic E-state index is 0.0159. The average Bonchev–Trinajstić information content (AvgIpc) is 2.94. The van der Waals surface area contributed by atoms with Crippen LogP contribution >= 0.6 is 0 Å². The number of nitrogens with one attached hydrogen (secondary N) is 2. The topological polar surface area (TPSA) is 77.6 Å². The van der Waals surface area contributed by atoms with E-state index in [1.54, 1.807) is 18.3 Å². The van der Waals surface area contributed by atoms with Crippen molar-refractivity contribution in [2.45, 2.75) is 26.6 Å². The third-order valence-electron chi connectivity index (χ3n) is 7.51. The summed E-state index contributed by atoms with van der Waals surface area (Å²) in [5, 5.41) is 6.30. The molecule has 0 unspecified atom stereocenters. The maximum atomic E-state index is 14.1. The standard InChI is InChI=1S/C32H32F3N5O2/c1-20-6-10-26(30(37-21(2)41)29(20)23-8-11-28-22(17-23)5-4-12-36-28)31(42)38-25-9-7-24(27(18-25)32(33,34)35)19-40-15-13-39(3)14-16-40/h4-12,17-18H,13-16,19H2,1-3H3,(H,37,41)(H,38,42). The molecule has 1 aliphatic rings. The lowest BCUT2D eigenvalue weighted by Gasteiger charge is -2.33. The number of anilines is 2. The predicted octanol–water partition coefficient (Wildman–Crippen LogP) is 6.19. The second kappa shape index (κ2) is 11.9. The highest BCUT2D eigenvalue weighted by molar-refractivity contribution is 6.13. The molecule has 4 aromatic rings. The quantitative estimate of drug-likeness (QED) is 0.287. The van der Waals surface area contributed by atoms with Crippen LogP contribution in [0.5, 0.6) is 0 Å². The van der Waals surface area contributed by atoms with Crippen LogP contribution in [0.15, 0.2) is 66.9 Å². The van der Waals surface area contributed by atoms with Gasteiger partial charge in [0.1, 0.15) is 0 Å². The number of aromatic nitrogens is 1. The maximum absolute atomic E-state index is 14.1. The number of alkyl halides is 3. The molecule has 0 saturated carbocycles. The molecule has 0 aliphatic carbocycles. The van der Waals surface area contributed by atoms with E-state index in [1.165, 1.54) is 19.1 Å². The summed E-state index contributed by atoms with van der Waals surface area (Å²) >= 11 is 0. The number of pyridine rings is 1. The van der Waals surface area contributed by atoms with Crippen LogP contribution in [0, 0.1) is 6.92 Å². The lowest BCUT2D eigenvalue weighted by molar-refractivity contribution is -0.138. The smallest absolute Gasteiger partial charge is 0.325 e. The number of likely N-dealkylation sites (N-methyl/N-ethyl adjacent to an activating group) is 1. The average molecular weight is 576 g/mol. The van der Waals surface area contributed by atoms with Crippen molar-refractivity contribution in [2.75, 3.05) is 43.9 Å². The second-order valence-corrected chi connectivity index (χ2v) is 10.7. The zero-order chi connectivity index (χ0) is 30.0. The zero-order valence-corrected chi connectivity index (χ0v) is 23.7. The monoisotopic (exact) mass is 575 g/mol. The molecule has 42 heavy (non-hydrogen) atoms. The second-order valence-electron chi connectivity index (χ2n) is 10.7. The van der Waals surface area contributed by atoms with Gasteiger partial charge in [-0.1, -0.05) is 24.3 Å². The van der Waals surface area contributed by atoms with Crippen molar-refractivity contribution in [3.63, 3.8) is 0 Å². The van der Waals surface area contributed by atoms with Gasteiger partial charge in [0.15, 0.2) is 0 Å². The summed E-state index contributed by atoms with van der Waals surface area (Å²) in [6.45, 7) is 6.33. The molecule has 0 atom stereocenters. The molecule has 1 fully saturated rings. The van der Waals surface area contributed by atoms with Gasteiger partial charge in [0.25, 0.3) is 5.91 Å². The number of hydrogen-bond acceptors (Lipinski definition) is 5. The number of carbonyl (C=O) groups excluding carboxylic acids is 2. The fourth-order valence-electron chi connectivity index (χ4n) is 5.31. The van der Waals surface area contributed by atoms with E-state index in [-0.39, 0.29) is 35.0 Å². The molecule has 5 rings (SSSR count). The molecule has 2 heterocycles. The van der Waals surface area contributed by atoms with Crippen LogP contribution in [0.3, 0.4) is 0 Å². The Morgan fingerprint density at radius 2 is 1.71 bits per heavy atom. The first-order valence-electron chi connectivity index (χ1n) is 13.7. The number of amides is 2. The van der Waals surface area contributed by atoms with Gasteiger partial charge in [0, 0.05) is 62.5 Å². The van der Waals surface area contributed by atoms with Crippen molar-refractivity contribution >= 4 is 34.1 Å². The summed E-state index contributed by atoms with van der Waals surface area (Å²) in [4.78, 5) is 34.3. The Morgan fingerprint density at radius 1 is 0.952 bits per heavy atom. The van der Waals surface area contributed by atoms with Crippen molar-refractivity contribution < 1.29 is 22.8 Å². The van der Waals surface area contributed by atoms with Gasteiger partial charge in [-0.2, -0.15) is 13.2 Å². The Kier molecular flexibility index (Phi) is 8.29. The minimum atomic E-state index is -4.59. The van der Waals surface area contributed by atoms with Crippen molar-refractivity contribution in [3.8, 4) is 11.1 Å². The van der Waals surface area contributed by atoms with Crippen LogP contribution in [0.1, 0.15) is 34.0 Å². The maximum Gasteiger partial charge on any atom is 0.416 e. The lowest BCUT2D eigenvalue weighted by Crippen LogP contribution is -2.44. The first-order chi connectivity index (χ1) is 20.0. The van der Waals surface area contributed by atoms with E-state index >= 15 is 0 Å². The van der Waals surface area contributed by atoms with Gasteiger partial charge < -0.3 is 15.5 Å².